The lowest BCUT2D eigenvalue weighted by molar-refractivity contribution is -0.384. The zero-order chi connectivity index (χ0) is 16.1. The highest BCUT2D eigenvalue weighted by Gasteiger charge is 2.24. The highest BCUT2D eigenvalue weighted by Crippen LogP contribution is 2.25. The summed E-state index contributed by atoms with van der Waals surface area (Å²) < 4.78 is 5.65. The molecule has 1 aliphatic heterocycles. The maximum Gasteiger partial charge on any atom is 0.273 e. The van der Waals surface area contributed by atoms with Crippen molar-refractivity contribution in [2.75, 3.05) is 13.2 Å². The van der Waals surface area contributed by atoms with Gasteiger partial charge < -0.3 is 4.74 Å². The Balaban J connectivity index is 2.00. The Labute approximate surface area is 130 Å². The number of nitriles is 1. The average molecular weight is 303 g/mol. The number of non-ortho nitro benzene ring substituents is 1. The standard InChI is InChI=1S/C16H21N3O3/c1-12-4-3-5-13(2)18(12)8-9-22-16-10-15(19(20)21)7-6-14(16)11-17/h6-7,10,12-13H,3-5,8-9H2,1-2H3/t12-,13-/m1/s1. The Morgan fingerprint density at radius 2 is 2.09 bits per heavy atom. The summed E-state index contributed by atoms with van der Waals surface area (Å²) in [5.74, 6) is 0.286. The molecule has 0 spiro atoms. The molecular weight excluding hydrogens is 282 g/mol. The SMILES string of the molecule is C[C@@H]1CCC[C@@H](C)N1CCOc1cc([N+](=O)[O-])ccc1C#N. The van der Waals surface area contributed by atoms with Crippen LogP contribution in [-0.2, 0) is 0 Å². The van der Waals surface area contributed by atoms with Gasteiger partial charge >= 0.3 is 0 Å². The van der Waals surface area contributed by atoms with Crippen LogP contribution in [0.5, 0.6) is 5.75 Å². The van der Waals surface area contributed by atoms with E-state index in [4.69, 9.17) is 10.00 Å². The summed E-state index contributed by atoms with van der Waals surface area (Å²) in [7, 11) is 0. The number of rotatable bonds is 5. The first kappa shape index (κ1) is 16.2. The molecule has 118 valence electrons. The van der Waals surface area contributed by atoms with E-state index in [0.717, 1.165) is 6.54 Å². The Bertz CT molecular complexity index is 572. The number of ether oxygens (including phenoxy) is 1. The average Bonchev–Trinajstić information content (AvgIpc) is 2.50. The summed E-state index contributed by atoms with van der Waals surface area (Å²) in [4.78, 5) is 12.7. The second-order valence-electron chi connectivity index (χ2n) is 5.76. The molecule has 2 atom stereocenters. The minimum absolute atomic E-state index is 0.0614. The van der Waals surface area contributed by atoms with Crippen LogP contribution in [0.3, 0.4) is 0 Å². The molecule has 1 fully saturated rings. The highest BCUT2D eigenvalue weighted by atomic mass is 16.6. The van der Waals surface area contributed by atoms with Gasteiger partial charge in [-0.3, -0.25) is 15.0 Å². The largest absolute Gasteiger partial charge is 0.491 e. The van der Waals surface area contributed by atoms with Crippen molar-refractivity contribution in [3.05, 3.63) is 33.9 Å². The van der Waals surface area contributed by atoms with E-state index in [-0.39, 0.29) is 11.4 Å². The second kappa shape index (κ2) is 7.23. The van der Waals surface area contributed by atoms with E-state index >= 15 is 0 Å². The van der Waals surface area contributed by atoms with Crippen molar-refractivity contribution in [1.82, 2.24) is 4.90 Å². The molecule has 6 heteroatoms. The number of hydrogen-bond donors (Lipinski definition) is 0. The van der Waals surface area contributed by atoms with Gasteiger partial charge in [0.2, 0.25) is 0 Å². The summed E-state index contributed by atoms with van der Waals surface area (Å²) in [6, 6.07) is 7.12. The van der Waals surface area contributed by atoms with Crippen LogP contribution in [0.25, 0.3) is 0 Å². The fourth-order valence-electron chi connectivity index (χ4n) is 3.01. The number of likely N-dealkylation sites (tertiary alicyclic amines) is 1. The molecule has 6 nitrogen and oxygen atoms in total. The smallest absolute Gasteiger partial charge is 0.273 e. The van der Waals surface area contributed by atoms with Gasteiger partial charge in [-0.15, -0.1) is 0 Å². The lowest BCUT2D eigenvalue weighted by Gasteiger charge is -2.38. The van der Waals surface area contributed by atoms with Crippen molar-refractivity contribution in [3.8, 4) is 11.8 Å². The molecule has 2 rings (SSSR count). The third kappa shape index (κ3) is 3.74. The lowest BCUT2D eigenvalue weighted by Crippen LogP contribution is -2.45. The number of benzene rings is 1. The number of nitrogens with zero attached hydrogens (tertiary/aromatic N) is 3. The number of nitro groups is 1. The van der Waals surface area contributed by atoms with Crippen molar-refractivity contribution in [1.29, 1.82) is 5.26 Å². The third-order valence-electron chi connectivity index (χ3n) is 4.28. The first-order valence-corrected chi connectivity index (χ1v) is 7.60. The van der Waals surface area contributed by atoms with Gasteiger partial charge in [-0.2, -0.15) is 5.26 Å². The summed E-state index contributed by atoms with van der Waals surface area (Å²) >= 11 is 0. The van der Waals surface area contributed by atoms with Gasteiger partial charge in [0.15, 0.2) is 0 Å². The number of nitro benzene ring substituents is 1. The van der Waals surface area contributed by atoms with Crippen LogP contribution >= 0.6 is 0 Å². The molecule has 0 unspecified atom stereocenters. The zero-order valence-electron chi connectivity index (χ0n) is 13.0. The van der Waals surface area contributed by atoms with Gasteiger partial charge in [-0.05, 0) is 32.8 Å². The van der Waals surface area contributed by atoms with Gasteiger partial charge in [-0.25, -0.2) is 0 Å². The first-order chi connectivity index (χ1) is 10.5. The molecule has 1 aromatic rings. The Morgan fingerprint density at radius 1 is 1.41 bits per heavy atom. The summed E-state index contributed by atoms with van der Waals surface area (Å²) in [6.07, 6.45) is 3.62. The van der Waals surface area contributed by atoms with Crippen molar-refractivity contribution in [2.45, 2.75) is 45.2 Å². The van der Waals surface area contributed by atoms with E-state index in [1.165, 1.54) is 37.5 Å². The van der Waals surface area contributed by atoms with E-state index in [0.29, 0.717) is 24.3 Å². The van der Waals surface area contributed by atoms with Crippen molar-refractivity contribution >= 4 is 5.69 Å². The highest BCUT2D eigenvalue weighted by molar-refractivity contribution is 5.49. The molecule has 0 radical (unpaired) electrons. The van der Waals surface area contributed by atoms with Gasteiger partial charge in [-0.1, -0.05) is 6.42 Å². The fourth-order valence-corrected chi connectivity index (χ4v) is 3.01. The summed E-state index contributed by atoms with van der Waals surface area (Å²) in [5, 5.41) is 19.9. The molecule has 0 aromatic heterocycles. The van der Waals surface area contributed by atoms with Gasteiger partial charge in [0, 0.05) is 24.7 Å². The molecular formula is C16H21N3O3. The first-order valence-electron chi connectivity index (χ1n) is 7.60. The van der Waals surface area contributed by atoms with Crippen molar-refractivity contribution in [2.24, 2.45) is 0 Å². The zero-order valence-corrected chi connectivity index (χ0v) is 13.0. The van der Waals surface area contributed by atoms with E-state index in [2.05, 4.69) is 18.7 Å². The van der Waals surface area contributed by atoms with Crippen LogP contribution in [0.2, 0.25) is 0 Å². The maximum atomic E-state index is 10.8. The summed E-state index contributed by atoms with van der Waals surface area (Å²) in [5.41, 5.74) is 0.263. The molecule has 0 N–H and O–H groups in total. The molecule has 0 saturated carbocycles. The van der Waals surface area contributed by atoms with Crippen LogP contribution in [-0.4, -0.2) is 35.1 Å². The predicted molar refractivity (Wildman–Crippen MR) is 82.8 cm³/mol. The minimum Gasteiger partial charge on any atom is -0.491 e. The molecule has 0 bridgehead atoms. The van der Waals surface area contributed by atoms with Crippen molar-refractivity contribution in [3.63, 3.8) is 0 Å². The summed E-state index contributed by atoms with van der Waals surface area (Å²) in [6.45, 7) is 5.61. The van der Waals surface area contributed by atoms with Crippen LogP contribution in [0.15, 0.2) is 18.2 Å². The van der Waals surface area contributed by atoms with Crippen LogP contribution in [0.4, 0.5) is 5.69 Å². The molecule has 0 aliphatic carbocycles. The van der Waals surface area contributed by atoms with E-state index in [1.807, 2.05) is 6.07 Å². The molecule has 22 heavy (non-hydrogen) atoms. The van der Waals surface area contributed by atoms with Crippen LogP contribution < -0.4 is 4.74 Å². The maximum absolute atomic E-state index is 10.8. The van der Waals surface area contributed by atoms with Gasteiger partial charge in [0.1, 0.15) is 18.4 Å². The van der Waals surface area contributed by atoms with E-state index < -0.39 is 4.92 Å². The monoisotopic (exact) mass is 303 g/mol. The number of piperidine rings is 1. The molecule has 1 aliphatic rings. The molecule has 1 heterocycles. The van der Waals surface area contributed by atoms with E-state index in [1.54, 1.807) is 0 Å². The molecule has 1 saturated heterocycles. The normalized spacial score (nSPS) is 22.0. The molecule has 0 amide bonds. The quantitative estimate of drug-likeness (QED) is 0.617. The Morgan fingerprint density at radius 3 is 2.68 bits per heavy atom. The van der Waals surface area contributed by atoms with Crippen molar-refractivity contribution < 1.29 is 9.66 Å². The number of hydrogen-bond acceptors (Lipinski definition) is 5. The molecule has 1 aromatic carbocycles. The van der Waals surface area contributed by atoms with Gasteiger partial charge in [0.05, 0.1) is 16.6 Å². The predicted octanol–water partition coefficient (Wildman–Crippen LogP) is 3.11. The fraction of sp³-hybridized carbons (Fsp3) is 0.562. The van der Waals surface area contributed by atoms with Crippen LogP contribution in [0, 0.1) is 21.4 Å². The third-order valence-corrected chi connectivity index (χ3v) is 4.28. The lowest BCUT2D eigenvalue weighted by atomic mass is 9.98. The van der Waals surface area contributed by atoms with Gasteiger partial charge in [0.25, 0.3) is 5.69 Å². The minimum atomic E-state index is -0.483. The second-order valence-corrected chi connectivity index (χ2v) is 5.76. The Hall–Kier alpha value is -2.13. The van der Waals surface area contributed by atoms with E-state index in [9.17, 15) is 10.1 Å². The topological polar surface area (TPSA) is 79.4 Å². The Kier molecular flexibility index (Phi) is 5.34. The van der Waals surface area contributed by atoms with Crippen LogP contribution in [0.1, 0.15) is 38.7 Å².